The molecule has 0 aliphatic carbocycles. The quantitative estimate of drug-likeness (QED) is 0.759. The Balaban J connectivity index is 2.41. The summed E-state index contributed by atoms with van der Waals surface area (Å²) in [6, 6.07) is 3.64. The van der Waals surface area contributed by atoms with Crippen LogP contribution in [0, 0.1) is 6.92 Å². The van der Waals surface area contributed by atoms with Crippen molar-refractivity contribution in [3.05, 3.63) is 37.3 Å². The highest BCUT2D eigenvalue weighted by Crippen LogP contribution is 2.34. The molecule has 0 saturated carbocycles. The van der Waals surface area contributed by atoms with Gasteiger partial charge in [0.1, 0.15) is 0 Å². The van der Waals surface area contributed by atoms with E-state index in [1.165, 1.54) is 6.20 Å². The summed E-state index contributed by atoms with van der Waals surface area (Å²) in [6.07, 6.45) is 1.23. The molecular formula is C10H7Br2ClN2O2S2. The molecule has 4 nitrogen and oxygen atoms in total. The fraction of sp³-hybridized carbons (Fsp3) is 0.100. The van der Waals surface area contributed by atoms with Crippen molar-refractivity contribution in [2.24, 2.45) is 0 Å². The van der Waals surface area contributed by atoms with Gasteiger partial charge in [-0.05, 0) is 56.5 Å². The minimum Gasteiger partial charge on any atom is -0.277 e. The molecule has 0 amide bonds. The minimum atomic E-state index is -3.69. The first kappa shape index (κ1) is 15.2. The van der Waals surface area contributed by atoms with Crippen molar-refractivity contribution in [2.75, 3.05) is 4.72 Å². The van der Waals surface area contributed by atoms with E-state index in [4.69, 9.17) is 11.6 Å². The zero-order chi connectivity index (χ0) is 14.2. The molecule has 0 aliphatic rings. The van der Waals surface area contributed by atoms with Gasteiger partial charge in [0.15, 0.2) is 8.68 Å². The molecule has 102 valence electrons. The van der Waals surface area contributed by atoms with Gasteiger partial charge >= 0.3 is 0 Å². The molecule has 2 rings (SSSR count). The van der Waals surface area contributed by atoms with Crippen LogP contribution in [-0.4, -0.2) is 13.4 Å². The smallest absolute Gasteiger partial charge is 0.273 e. The highest BCUT2D eigenvalue weighted by atomic mass is 79.9. The van der Waals surface area contributed by atoms with Gasteiger partial charge in [0.05, 0.1) is 11.9 Å². The van der Waals surface area contributed by atoms with Gasteiger partial charge < -0.3 is 0 Å². The lowest BCUT2D eigenvalue weighted by Crippen LogP contribution is -2.12. The maximum Gasteiger partial charge on any atom is 0.273 e. The highest BCUT2D eigenvalue weighted by Gasteiger charge is 2.20. The molecule has 1 N–H and O–H groups in total. The van der Waals surface area contributed by atoms with E-state index in [0.717, 1.165) is 16.9 Å². The summed E-state index contributed by atoms with van der Waals surface area (Å²) >= 11 is 13.2. The van der Waals surface area contributed by atoms with E-state index < -0.39 is 10.0 Å². The summed E-state index contributed by atoms with van der Waals surface area (Å²) in [5, 5.41) is 0. The van der Waals surface area contributed by atoms with Crippen LogP contribution in [0.1, 0.15) is 5.56 Å². The van der Waals surface area contributed by atoms with E-state index in [1.54, 1.807) is 0 Å². The van der Waals surface area contributed by atoms with E-state index in [1.807, 2.05) is 19.1 Å². The van der Waals surface area contributed by atoms with E-state index in [0.29, 0.717) is 14.6 Å². The zero-order valence-corrected chi connectivity index (χ0v) is 15.0. The first-order valence-corrected chi connectivity index (χ1v) is 9.16. The van der Waals surface area contributed by atoms with Crippen LogP contribution in [-0.2, 0) is 10.0 Å². The molecule has 0 fully saturated rings. The Hall–Kier alpha value is -0.150. The molecule has 2 aromatic rings. The van der Waals surface area contributed by atoms with Crippen molar-refractivity contribution in [2.45, 2.75) is 11.1 Å². The molecule has 0 aliphatic heterocycles. The number of nitrogens with zero attached hydrogens (tertiary/aromatic N) is 1. The lowest BCUT2D eigenvalue weighted by Gasteiger charge is -2.11. The number of thiazole rings is 1. The molecular weight excluding hydrogens is 440 g/mol. The molecule has 0 bridgehead atoms. The fourth-order valence-corrected chi connectivity index (χ4v) is 5.62. The van der Waals surface area contributed by atoms with Gasteiger partial charge in [-0.1, -0.05) is 22.9 Å². The standard InChI is InChI=1S/C10H7Br2ClN2O2S2/c1-5-2-6(11)9(7(12)3-5)15-19(16,17)8-4-14-10(13)18-8/h2-4,15H,1H3. The molecule has 0 spiro atoms. The molecule has 0 atom stereocenters. The molecule has 0 unspecified atom stereocenters. The van der Waals surface area contributed by atoms with Crippen LogP contribution in [0.25, 0.3) is 0 Å². The van der Waals surface area contributed by atoms with Crippen molar-refractivity contribution in [3.63, 3.8) is 0 Å². The average Bonchev–Trinajstić information content (AvgIpc) is 2.71. The van der Waals surface area contributed by atoms with E-state index in [9.17, 15) is 8.42 Å². The number of sulfonamides is 1. The summed E-state index contributed by atoms with van der Waals surface area (Å²) in [7, 11) is -3.69. The van der Waals surface area contributed by atoms with Crippen molar-refractivity contribution in [3.8, 4) is 0 Å². The lowest BCUT2D eigenvalue weighted by atomic mass is 10.2. The number of aryl methyl sites for hydroxylation is 1. The van der Waals surface area contributed by atoms with Gasteiger partial charge in [-0.3, -0.25) is 4.72 Å². The maximum atomic E-state index is 12.2. The van der Waals surface area contributed by atoms with Crippen LogP contribution in [0.4, 0.5) is 5.69 Å². The Morgan fingerprint density at radius 1 is 1.32 bits per heavy atom. The van der Waals surface area contributed by atoms with Crippen molar-refractivity contribution in [1.82, 2.24) is 4.98 Å². The van der Waals surface area contributed by atoms with E-state index in [-0.39, 0.29) is 8.68 Å². The largest absolute Gasteiger partial charge is 0.277 e. The Morgan fingerprint density at radius 2 is 1.89 bits per heavy atom. The fourth-order valence-electron chi connectivity index (χ4n) is 1.35. The molecule has 1 heterocycles. The third-order valence-corrected chi connectivity index (χ3v) is 6.32. The summed E-state index contributed by atoms with van der Waals surface area (Å²) in [5.74, 6) is 0. The Bertz CT molecular complexity index is 708. The molecule has 9 heteroatoms. The molecule has 19 heavy (non-hydrogen) atoms. The first-order chi connectivity index (χ1) is 8.79. The van der Waals surface area contributed by atoms with Crippen molar-refractivity contribution < 1.29 is 8.42 Å². The predicted molar refractivity (Wildman–Crippen MR) is 84.5 cm³/mol. The lowest BCUT2D eigenvalue weighted by molar-refractivity contribution is 0.603. The molecule has 0 saturated heterocycles. The monoisotopic (exact) mass is 444 g/mol. The number of halogens is 3. The molecule has 1 aromatic carbocycles. The van der Waals surface area contributed by atoms with E-state index in [2.05, 4.69) is 41.6 Å². The van der Waals surface area contributed by atoms with Crippen LogP contribution in [0.2, 0.25) is 4.47 Å². The highest BCUT2D eigenvalue weighted by molar-refractivity contribution is 9.11. The summed E-state index contributed by atoms with van der Waals surface area (Å²) in [6.45, 7) is 1.91. The minimum absolute atomic E-state index is 0.0666. The topological polar surface area (TPSA) is 59.1 Å². The van der Waals surface area contributed by atoms with Crippen LogP contribution in [0.5, 0.6) is 0 Å². The Kier molecular flexibility index (Phi) is 4.56. The van der Waals surface area contributed by atoms with Gasteiger partial charge in [0.2, 0.25) is 0 Å². The van der Waals surface area contributed by atoms with Gasteiger partial charge in [-0.25, -0.2) is 13.4 Å². The van der Waals surface area contributed by atoms with Crippen molar-refractivity contribution in [1.29, 1.82) is 0 Å². The number of hydrogen-bond donors (Lipinski definition) is 1. The van der Waals surface area contributed by atoms with Crippen LogP contribution in [0.15, 0.2) is 31.5 Å². The third kappa shape index (κ3) is 3.49. The molecule has 0 radical (unpaired) electrons. The summed E-state index contributed by atoms with van der Waals surface area (Å²) in [4.78, 5) is 3.72. The number of hydrogen-bond acceptors (Lipinski definition) is 4. The number of rotatable bonds is 3. The van der Waals surface area contributed by atoms with Gasteiger partial charge in [-0.15, -0.1) is 0 Å². The predicted octanol–water partition coefficient (Wildman–Crippen LogP) is 4.43. The van der Waals surface area contributed by atoms with Crippen LogP contribution < -0.4 is 4.72 Å². The second kappa shape index (κ2) is 5.69. The van der Waals surface area contributed by atoms with Crippen LogP contribution in [0.3, 0.4) is 0 Å². The first-order valence-electron chi connectivity index (χ1n) is 4.89. The summed E-state index contributed by atoms with van der Waals surface area (Å²) in [5.41, 5.74) is 1.44. The number of benzene rings is 1. The third-order valence-electron chi connectivity index (χ3n) is 2.14. The average molecular weight is 447 g/mol. The van der Waals surface area contributed by atoms with Gasteiger partial charge in [-0.2, -0.15) is 0 Å². The number of nitrogens with one attached hydrogen (secondary N) is 1. The zero-order valence-electron chi connectivity index (χ0n) is 9.45. The number of aromatic nitrogens is 1. The molecule has 1 aromatic heterocycles. The SMILES string of the molecule is Cc1cc(Br)c(NS(=O)(=O)c2cnc(Cl)s2)c(Br)c1. The van der Waals surface area contributed by atoms with Crippen molar-refractivity contribution >= 4 is 70.5 Å². The second-order valence-electron chi connectivity index (χ2n) is 3.64. The Morgan fingerprint density at radius 3 is 2.37 bits per heavy atom. The van der Waals surface area contributed by atoms with Gasteiger partial charge in [0, 0.05) is 8.95 Å². The maximum absolute atomic E-state index is 12.2. The summed E-state index contributed by atoms with van der Waals surface area (Å²) < 4.78 is 28.4. The number of anilines is 1. The van der Waals surface area contributed by atoms with E-state index >= 15 is 0 Å². The Labute approximate surface area is 136 Å². The normalized spacial score (nSPS) is 11.6. The second-order valence-corrected chi connectivity index (χ2v) is 8.87. The van der Waals surface area contributed by atoms with Crippen LogP contribution >= 0.6 is 54.8 Å². The van der Waals surface area contributed by atoms with Gasteiger partial charge in [0.25, 0.3) is 10.0 Å².